The molecule has 10 nitrogen and oxygen atoms in total. The summed E-state index contributed by atoms with van der Waals surface area (Å²) >= 11 is 0. The van der Waals surface area contributed by atoms with Gasteiger partial charge in [-0.1, -0.05) is 125 Å². The Bertz CT molecular complexity index is 1200. The maximum atomic E-state index is 12.8. The van der Waals surface area contributed by atoms with Crippen molar-refractivity contribution in [3.8, 4) is 0 Å². The number of rotatable bonds is 34. The molecular weight excluding hydrogens is 725 g/mol. The van der Waals surface area contributed by atoms with Crippen LogP contribution in [0.25, 0.3) is 0 Å². The van der Waals surface area contributed by atoms with Crippen molar-refractivity contribution in [2.75, 3.05) is 19.8 Å². The van der Waals surface area contributed by atoms with E-state index in [2.05, 4.69) is 98.9 Å². The molecule has 0 aromatic rings. The van der Waals surface area contributed by atoms with E-state index in [9.17, 15) is 30.0 Å². The van der Waals surface area contributed by atoms with Crippen LogP contribution in [0.15, 0.2) is 85.1 Å². The molecule has 0 amide bonds. The van der Waals surface area contributed by atoms with Crippen molar-refractivity contribution in [2.24, 2.45) is 0 Å². The number of carbonyl (C=O) groups is 2. The monoisotopic (exact) mass is 801 g/mol. The zero-order chi connectivity index (χ0) is 41.6. The molecule has 1 rings (SSSR count). The third-order valence-corrected chi connectivity index (χ3v) is 9.26. The molecule has 0 aromatic carbocycles. The van der Waals surface area contributed by atoms with E-state index in [0.717, 1.165) is 77.0 Å². The summed E-state index contributed by atoms with van der Waals surface area (Å²) in [6.07, 6.45) is 40.2. The molecule has 1 aliphatic rings. The Balaban J connectivity index is 2.41. The average molecular weight is 801 g/mol. The second-order valence-electron chi connectivity index (χ2n) is 14.4. The molecule has 0 saturated carbocycles. The number of unbranched alkanes of at least 4 members (excludes halogenated alkanes) is 9. The number of hydrogen-bond acceptors (Lipinski definition) is 10. The van der Waals surface area contributed by atoms with Gasteiger partial charge in [0.1, 0.15) is 31.0 Å². The Hall–Kier alpha value is -3.12. The summed E-state index contributed by atoms with van der Waals surface area (Å²) < 4.78 is 22.1. The van der Waals surface area contributed by atoms with Gasteiger partial charge in [0, 0.05) is 12.8 Å². The van der Waals surface area contributed by atoms with Crippen LogP contribution in [0.2, 0.25) is 0 Å². The quantitative estimate of drug-likeness (QED) is 0.0282. The van der Waals surface area contributed by atoms with E-state index >= 15 is 0 Å². The standard InChI is InChI=1S/C47H76O10/c1-3-5-7-9-11-13-15-17-19-20-22-24-26-28-30-32-34-36-43(50)56-40(39-55-47-46(53)45(52)44(51)41(37-48)57-47)38-54-42(49)35-33-31-29-27-25-23-21-18-16-14-12-10-8-6-4-2/h6,8,11-14,17-19,21-22,24-25,27,40-41,44-48,51-53H,3-5,7,9-10,15-16,20,23,26,28-39H2,1-2H3/b8-6+,13-11+,14-12+,19-17+,21-18+,24-22+,27-25+/t40-,41-,44+,45?,46?,47-/m1/s1. The third-order valence-electron chi connectivity index (χ3n) is 9.26. The Kier molecular flexibility index (Phi) is 33.8. The summed E-state index contributed by atoms with van der Waals surface area (Å²) in [5.41, 5.74) is 0. The maximum Gasteiger partial charge on any atom is 0.306 e. The summed E-state index contributed by atoms with van der Waals surface area (Å²) in [6.45, 7) is 3.19. The maximum absolute atomic E-state index is 12.8. The van der Waals surface area contributed by atoms with Crippen molar-refractivity contribution in [1.29, 1.82) is 0 Å². The van der Waals surface area contributed by atoms with Crippen molar-refractivity contribution in [3.05, 3.63) is 85.1 Å². The molecule has 57 heavy (non-hydrogen) atoms. The number of allylic oxidation sites excluding steroid dienone is 14. The van der Waals surface area contributed by atoms with Crippen molar-refractivity contribution < 1.29 is 49.0 Å². The van der Waals surface area contributed by atoms with Gasteiger partial charge in [-0.25, -0.2) is 0 Å². The smallest absolute Gasteiger partial charge is 0.306 e. The van der Waals surface area contributed by atoms with Crippen LogP contribution in [0, 0.1) is 0 Å². The summed E-state index contributed by atoms with van der Waals surface area (Å²) in [4.78, 5) is 25.3. The predicted molar refractivity (Wildman–Crippen MR) is 228 cm³/mol. The van der Waals surface area contributed by atoms with Gasteiger partial charge in [-0.2, -0.15) is 0 Å². The van der Waals surface area contributed by atoms with Crippen LogP contribution >= 0.6 is 0 Å². The molecule has 4 N–H and O–H groups in total. The van der Waals surface area contributed by atoms with Gasteiger partial charge in [0.2, 0.25) is 0 Å². The minimum absolute atomic E-state index is 0.190. The normalized spacial score (nSPS) is 21.1. The second kappa shape index (κ2) is 37.2. The van der Waals surface area contributed by atoms with Crippen molar-refractivity contribution in [2.45, 2.75) is 179 Å². The Morgan fingerprint density at radius 3 is 1.58 bits per heavy atom. The van der Waals surface area contributed by atoms with Crippen LogP contribution in [0.3, 0.4) is 0 Å². The van der Waals surface area contributed by atoms with E-state index in [1.54, 1.807) is 0 Å². The number of carbonyl (C=O) groups excluding carboxylic acids is 2. The summed E-state index contributed by atoms with van der Waals surface area (Å²) in [6, 6.07) is 0. The number of hydrogen-bond donors (Lipinski definition) is 4. The molecular formula is C47H76O10. The Labute approximate surface area is 344 Å². The van der Waals surface area contributed by atoms with Gasteiger partial charge in [0.05, 0.1) is 13.2 Å². The Morgan fingerprint density at radius 1 is 0.561 bits per heavy atom. The molecule has 1 saturated heterocycles. The summed E-state index contributed by atoms with van der Waals surface area (Å²) in [5, 5.41) is 40.0. The third kappa shape index (κ3) is 28.9. The first kappa shape index (κ1) is 51.9. The van der Waals surface area contributed by atoms with E-state index in [1.807, 2.05) is 0 Å². The van der Waals surface area contributed by atoms with Gasteiger partial charge in [-0.3, -0.25) is 9.59 Å². The van der Waals surface area contributed by atoms with Crippen molar-refractivity contribution in [3.63, 3.8) is 0 Å². The van der Waals surface area contributed by atoms with Gasteiger partial charge < -0.3 is 39.4 Å². The first-order valence-corrected chi connectivity index (χ1v) is 21.7. The number of aliphatic hydroxyl groups excluding tert-OH is 4. The van der Waals surface area contributed by atoms with Crippen LogP contribution in [-0.2, 0) is 28.5 Å². The molecule has 0 aliphatic carbocycles. The van der Waals surface area contributed by atoms with E-state index in [4.69, 9.17) is 18.9 Å². The fourth-order valence-electron chi connectivity index (χ4n) is 5.83. The number of aliphatic hydroxyl groups is 4. The topological polar surface area (TPSA) is 152 Å². The molecule has 0 spiro atoms. The van der Waals surface area contributed by atoms with Gasteiger partial charge in [-0.15, -0.1) is 0 Å². The van der Waals surface area contributed by atoms with Crippen LogP contribution in [0.4, 0.5) is 0 Å². The van der Waals surface area contributed by atoms with Gasteiger partial charge >= 0.3 is 11.9 Å². The van der Waals surface area contributed by atoms with Crippen molar-refractivity contribution in [1.82, 2.24) is 0 Å². The van der Waals surface area contributed by atoms with Gasteiger partial charge in [0.15, 0.2) is 12.4 Å². The zero-order valence-corrected chi connectivity index (χ0v) is 35.0. The Morgan fingerprint density at radius 2 is 1.04 bits per heavy atom. The lowest BCUT2D eigenvalue weighted by molar-refractivity contribution is -0.305. The number of esters is 2. The molecule has 0 radical (unpaired) electrons. The molecule has 0 bridgehead atoms. The largest absolute Gasteiger partial charge is 0.462 e. The molecule has 1 aliphatic heterocycles. The molecule has 1 fully saturated rings. The predicted octanol–water partition coefficient (Wildman–Crippen LogP) is 8.99. The molecule has 0 aromatic heterocycles. The lowest BCUT2D eigenvalue weighted by Gasteiger charge is -2.39. The number of ether oxygens (including phenoxy) is 4. The molecule has 10 heteroatoms. The van der Waals surface area contributed by atoms with E-state index in [1.165, 1.54) is 25.7 Å². The minimum atomic E-state index is -1.61. The lowest BCUT2D eigenvalue weighted by atomic mass is 9.99. The van der Waals surface area contributed by atoms with Crippen LogP contribution in [0.5, 0.6) is 0 Å². The SMILES string of the molecule is CC/C=C/C/C=C/C/C=C/C/C=C/CCCCC(=O)OC[C@H](CO[C@@H]1O[C@H](CO)[C@H](O)C(O)C1O)OC(=O)CCCCCC/C=C/C/C=C/C/C=C/CCCCC. The van der Waals surface area contributed by atoms with Crippen LogP contribution in [0.1, 0.15) is 142 Å². The van der Waals surface area contributed by atoms with E-state index < -0.39 is 55.4 Å². The lowest BCUT2D eigenvalue weighted by Crippen LogP contribution is -2.59. The highest BCUT2D eigenvalue weighted by Crippen LogP contribution is 2.22. The van der Waals surface area contributed by atoms with Gasteiger partial charge in [0.25, 0.3) is 0 Å². The van der Waals surface area contributed by atoms with Crippen LogP contribution in [-0.4, -0.2) is 89.0 Å². The highest BCUT2D eigenvalue weighted by molar-refractivity contribution is 5.70. The van der Waals surface area contributed by atoms with Gasteiger partial charge in [-0.05, 0) is 89.9 Å². The average Bonchev–Trinajstić information content (AvgIpc) is 3.21. The first-order chi connectivity index (χ1) is 27.8. The van der Waals surface area contributed by atoms with E-state index in [0.29, 0.717) is 12.8 Å². The van der Waals surface area contributed by atoms with Crippen LogP contribution < -0.4 is 0 Å². The first-order valence-electron chi connectivity index (χ1n) is 21.7. The fourth-order valence-corrected chi connectivity index (χ4v) is 5.83. The summed E-state index contributed by atoms with van der Waals surface area (Å²) in [7, 11) is 0. The minimum Gasteiger partial charge on any atom is -0.462 e. The van der Waals surface area contributed by atoms with Crippen molar-refractivity contribution >= 4 is 11.9 Å². The molecule has 6 atom stereocenters. The zero-order valence-electron chi connectivity index (χ0n) is 35.0. The molecule has 2 unspecified atom stereocenters. The van der Waals surface area contributed by atoms with E-state index in [-0.39, 0.29) is 26.1 Å². The highest BCUT2D eigenvalue weighted by atomic mass is 16.7. The molecule has 324 valence electrons. The fraction of sp³-hybridized carbons (Fsp3) is 0.660. The highest BCUT2D eigenvalue weighted by Gasteiger charge is 2.44. The second-order valence-corrected chi connectivity index (χ2v) is 14.4. The summed E-state index contributed by atoms with van der Waals surface area (Å²) in [5.74, 6) is -0.890. The molecule has 1 heterocycles.